The van der Waals surface area contributed by atoms with Gasteiger partial charge in [-0.2, -0.15) is 0 Å². The summed E-state index contributed by atoms with van der Waals surface area (Å²) in [5, 5.41) is 12.9. The Bertz CT molecular complexity index is 835. The molecule has 0 atom stereocenters. The molecule has 25 heavy (non-hydrogen) atoms. The summed E-state index contributed by atoms with van der Waals surface area (Å²) < 4.78 is 18.1. The van der Waals surface area contributed by atoms with Gasteiger partial charge in [-0.15, -0.1) is 0 Å². The molecule has 0 saturated carbocycles. The molecule has 1 amide bonds. The van der Waals surface area contributed by atoms with Crippen molar-refractivity contribution in [1.82, 2.24) is 0 Å². The van der Waals surface area contributed by atoms with E-state index in [4.69, 9.17) is 4.74 Å². The molecule has 0 radical (unpaired) electrons. The van der Waals surface area contributed by atoms with Gasteiger partial charge in [0.25, 0.3) is 11.6 Å². The topological polar surface area (TPSA) is 98.5 Å². The Morgan fingerprint density at radius 3 is 2.68 bits per heavy atom. The molecule has 2 rings (SSSR count). The quantitative estimate of drug-likeness (QED) is 0.376. The summed E-state index contributed by atoms with van der Waals surface area (Å²) in [6.45, 7) is -0.591. The zero-order chi connectivity index (χ0) is 18.2. The number of rotatable bonds is 6. The molecule has 8 heteroatoms. The summed E-state index contributed by atoms with van der Waals surface area (Å²) >= 11 is 0. The highest BCUT2D eigenvalue weighted by Gasteiger charge is 2.09. The predicted octanol–water partition coefficient (Wildman–Crippen LogP) is 2.93. The lowest BCUT2D eigenvalue weighted by Gasteiger charge is -2.06. The summed E-state index contributed by atoms with van der Waals surface area (Å²) in [6.07, 6.45) is 2.36. The van der Waals surface area contributed by atoms with Crippen LogP contribution < -0.4 is 5.32 Å². The molecule has 2 aromatic rings. The van der Waals surface area contributed by atoms with Crippen molar-refractivity contribution >= 4 is 29.3 Å². The first-order valence-corrected chi connectivity index (χ1v) is 7.09. The molecule has 128 valence electrons. The van der Waals surface area contributed by atoms with Crippen LogP contribution in [0.15, 0.2) is 54.6 Å². The zero-order valence-electron chi connectivity index (χ0n) is 12.8. The number of carbonyl (C=O) groups is 2. The Kier molecular flexibility index (Phi) is 5.94. The summed E-state index contributed by atoms with van der Waals surface area (Å²) in [7, 11) is 0. The minimum absolute atomic E-state index is 0.0179. The molecule has 0 unspecified atom stereocenters. The van der Waals surface area contributed by atoms with Crippen molar-refractivity contribution in [3.63, 3.8) is 0 Å². The fraction of sp³-hybridized carbons (Fsp3) is 0.0588. The van der Waals surface area contributed by atoms with Crippen LogP contribution in [0.3, 0.4) is 0 Å². The maximum absolute atomic E-state index is 13.4. The molecule has 0 saturated heterocycles. The first kappa shape index (κ1) is 17.8. The van der Waals surface area contributed by atoms with Gasteiger partial charge in [0.2, 0.25) is 0 Å². The van der Waals surface area contributed by atoms with E-state index in [0.29, 0.717) is 5.56 Å². The average molecular weight is 344 g/mol. The van der Waals surface area contributed by atoms with Crippen LogP contribution in [0.5, 0.6) is 0 Å². The molecular formula is C17H13FN2O5. The number of benzene rings is 2. The number of para-hydroxylation sites is 1. The molecule has 2 aromatic carbocycles. The normalized spacial score (nSPS) is 10.4. The number of non-ortho nitro benzene ring substituents is 1. The number of hydrogen-bond acceptors (Lipinski definition) is 5. The maximum Gasteiger partial charge on any atom is 0.331 e. The summed E-state index contributed by atoms with van der Waals surface area (Å²) in [6, 6.07) is 11.2. The second kappa shape index (κ2) is 8.34. The van der Waals surface area contributed by atoms with Gasteiger partial charge in [-0.3, -0.25) is 14.9 Å². The van der Waals surface area contributed by atoms with Crippen LogP contribution in [0.25, 0.3) is 6.08 Å². The third kappa shape index (κ3) is 5.54. The third-order valence-electron chi connectivity index (χ3n) is 2.99. The second-order valence-corrected chi connectivity index (χ2v) is 4.82. The second-order valence-electron chi connectivity index (χ2n) is 4.82. The van der Waals surface area contributed by atoms with E-state index in [2.05, 4.69) is 5.32 Å². The van der Waals surface area contributed by atoms with Crippen LogP contribution in [-0.2, 0) is 14.3 Å². The van der Waals surface area contributed by atoms with Crippen molar-refractivity contribution in [2.45, 2.75) is 0 Å². The molecule has 0 fully saturated rings. The Balaban J connectivity index is 1.86. The summed E-state index contributed by atoms with van der Waals surface area (Å²) in [5.41, 5.74) is 0.303. The Hall–Kier alpha value is -3.55. The van der Waals surface area contributed by atoms with Crippen molar-refractivity contribution in [2.24, 2.45) is 0 Å². The highest BCUT2D eigenvalue weighted by molar-refractivity contribution is 5.94. The lowest BCUT2D eigenvalue weighted by Crippen LogP contribution is -2.20. The predicted molar refractivity (Wildman–Crippen MR) is 88.1 cm³/mol. The molecule has 0 aliphatic carbocycles. The van der Waals surface area contributed by atoms with Crippen molar-refractivity contribution in [1.29, 1.82) is 0 Å². The Labute approximate surface area is 141 Å². The molecule has 1 N–H and O–H groups in total. The first-order chi connectivity index (χ1) is 12.0. The van der Waals surface area contributed by atoms with E-state index in [1.165, 1.54) is 42.5 Å². The van der Waals surface area contributed by atoms with E-state index < -0.39 is 29.2 Å². The fourth-order valence-corrected chi connectivity index (χ4v) is 1.84. The average Bonchev–Trinajstić information content (AvgIpc) is 2.60. The fourth-order valence-electron chi connectivity index (χ4n) is 1.84. The lowest BCUT2D eigenvalue weighted by molar-refractivity contribution is -0.384. The van der Waals surface area contributed by atoms with E-state index >= 15 is 0 Å². The number of ether oxygens (including phenoxy) is 1. The van der Waals surface area contributed by atoms with Crippen LogP contribution in [0.2, 0.25) is 0 Å². The van der Waals surface area contributed by atoms with Crippen LogP contribution in [0.4, 0.5) is 15.8 Å². The number of hydrogen-bond donors (Lipinski definition) is 1. The summed E-state index contributed by atoms with van der Waals surface area (Å²) in [4.78, 5) is 33.3. The highest BCUT2D eigenvalue weighted by atomic mass is 19.1. The molecule has 0 bridgehead atoms. The molecule has 0 aromatic heterocycles. The summed E-state index contributed by atoms with van der Waals surface area (Å²) in [5.74, 6) is -2.11. The monoisotopic (exact) mass is 344 g/mol. The molecular weight excluding hydrogens is 331 g/mol. The number of halogens is 1. The number of nitro benzene ring substituents is 1. The number of esters is 1. The van der Waals surface area contributed by atoms with Crippen LogP contribution >= 0.6 is 0 Å². The van der Waals surface area contributed by atoms with Crippen LogP contribution in [-0.4, -0.2) is 23.4 Å². The highest BCUT2D eigenvalue weighted by Crippen LogP contribution is 2.14. The van der Waals surface area contributed by atoms with Gasteiger partial charge in [-0.05, 0) is 23.8 Å². The lowest BCUT2D eigenvalue weighted by atomic mass is 10.2. The Morgan fingerprint density at radius 2 is 1.96 bits per heavy atom. The third-order valence-corrected chi connectivity index (χ3v) is 2.99. The number of nitrogens with one attached hydrogen (secondary N) is 1. The van der Waals surface area contributed by atoms with Gasteiger partial charge < -0.3 is 10.1 Å². The van der Waals surface area contributed by atoms with Crippen molar-refractivity contribution in [2.75, 3.05) is 11.9 Å². The van der Waals surface area contributed by atoms with Gasteiger partial charge in [0.1, 0.15) is 5.82 Å². The minimum Gasteiger partial charge on any atom is -0.452 e. The zero-order valence-corrected chi connectivity index (χ0v) is 12.8. The van der Waals surface area contributed by atoms with Crippen molar-refractivity contribution < 1.29 is 23.6 Å². The van der Waals surface area contributed by atoms with Gasteiger partial charge in [-0.1, -0.05) is 24.3 Å². The van der Waals surface area contributed by atoms with Gasteiger partial charge in [-0.25, -0.2) is 9.18 Å². The van der Waals surface area contributed by atoms with Gasteiger partial charge >= 0.3 is 5.97 Å². The SMILES string of the molecule is O=C(COC(=O)C=Cc1cccc([N+](=O)[O-])c1)Nc1ccccc1F. The van der Waals surface area contributed by atoms with E-state index in [1.807, 2.05) is 0 Å². The number of amides is 1. The molecule has 0 heterocycles. The van der Waals surface area contributed by atoms with E-state index in [0.717, 1.165) is 6.08 Å². The van der Waals surface area contributed by atoms with Gasteiger partial charge in [0.05, 0.1) is 10.6 Å². The van der Waals surface area contributed by atoms with Gasteiger partial charge in [0.15, 0.2) is 6.61 Å². The van der Waals surface area contributed by atoms with Crippen molar-refractivity contribution in [3.05, 3.63) is 76.1 Å². The molecule has 7 nitrogen and oxygen atoms in total. The van der Waals surface area contributed by atoms with E-state index in [9.17, 15) is 24.1 Å². The molecule has 0 aliphatic rings. The van der Waals surface area contributed by atoms with E-state index in [1.54, 1.807) is 12.1 Å². The van der Waals surface area contributed by atoms with Crippen molar-refractivity contribution in [3.8, 4) is 0 Å². The number of nitro groups is 1. The number of carbonyl (C=O) groups excluding carboxylic acids is 2. The first-order valence-electron chi connectivity index (χ1n) is 7.09. The van der Waals surface area contributed by atoms with Gasteiger partial charge in [0, 0.05) is 18.2 Å². The molecule has 0 aliphatic heterocycles. The molecule has 0 spiro atoms. The van der Waals surface area contributed by atoms with Crippen LogP contribution in [0, 0.1) is 15.9 Å². The number of nitrogens with zero attached hydrogens (tertiary/aromatic N) is 1. The maximum atomic E-state index is 13.4. The standard InChI is InChI=1S/C17H13FN2O5/c18-14-6-1-2-7-15(14)19-16(21)11-25-17(22)9-8-12-4-3-5-13(10-12)20(23)24/h1-10H,11H2,(H,19,21). The number of anilines is 1. The largest absolute Gasteiger partial charge is 0.452 e. The van der Waals surface area contributed by atoms with E-state index in [-0.39, 0.29) is 11.4 Å². The van der Waals surface area contributed by atoms with Crippen LogP contribution in [0.1, 0.15) is 5.56 Å². The smallest absolute Gasteiger partial charge is 0.331 e. The minimum atomic E-state index is -0.810. The Morgan fingerprint density at radius 1 is 1.20 bits per heavy atom.